The quantitative estimate of drug-likeness (QED) is 0.459. The fourth-order valence-electron chi connectivity index (χ4n) is 3.65. The third kappa shape index (κ3) is 3.42. The predicted octanol–water partition coefficient (Wildman–Crippen LogP) is 3.39. The van der Waals surface area contributed by atoms with E-state index in [2.05, 4.69) is 9.97 Å². The van der Waals surface area contributed by atoms with Crippen LogP contribution < -0.4 is 18.9 Å². The fraction of sp³-hybridized carbons (Fsp3) is 0.273. The Labute approximate surface area is 178 Å². The Morgan fingerprint density at radius 3 is 2.26 bits per heavy atom. The average molecular weight is 425 g/mol. The monoisotopic (exact) mass is 425 g/mol. The molecule has 0 aliphatic rings. The van der Waals surface area contributed by atoms with Gasteiger partial charge < -0.3 is 33.0 Å². The van der Waals surface area contributed by atoms with Crippen LogP contribution in [-0.4, -0.2) is 54.7 Å². The van der Waals surface area contributed by atoms with Gasteiger partial charge in [0.25, 0.3) is 0 Å². The zero-order valence-electron chi connectivity index (χ0n) is 17.7. The molecule has 162 valence electrons. The van der Waals surface area contributed by atoms with E-state index in [1.165, 1.54) is 6.39 Å². The molecular formula is C22H23N3O6. The molecule has 0 aliphatic heterocycles. The minimum absolute atomic E-state index is 0.0295. The van der Waals surface area contributed by atoms with Crippen LogP contribution in [0.1, 0.15) is 0 Å². The summed E-state index contributed by atoms with van der Waals surface area (Å²) in [6.07, 6.45) is 3.05. The molecule has 0 saturated carbocycles. The van der Waals surface area contributed by atoms with Crippen molar-refractivity contribution in [3.05, 3.63) is 37.0 Å². The molecule has 0 fully saturated rings. The van der Waals surface area contributed by atoms with Crippen LogP contribution in [-0.2, 0) is 6.54 Å². The minimum Gasteiger partial charge on any atom is -0.494 e. The Hall–Kier alpha value is -3.72. The molecule has 0 unspecified atom stereocenters. The van der Waals surface area contributed by atoms with Crippen molar-refractivity contribution in [1.82, 2.24) is 14.5 Å². The maximum Gasteiger partial charge on any atom is 0.203 e. The second kappa shape index (κ2) is 8.57. The van der Waals surface area contributed by atoms with Crippen molar-refractivity contribution in [2.24, 2.45) is 0 Å². The predicted molar refractivity (Wildman–Crippen MR) is 114 cm³/mol. The van der Waals surface area contributed by atoms with Gasteiger partial charge in [-0.1, -0.05) is 0 Å². The van der Waals surface area contributed by atoms with E-state index >= 15 is 0 Å². The highest BCUT2D eigenvalue weighted by molar-refractivity contribution is 5.97. The van der Waals surface area contributed by atoms with Gasteiger partial charge in [-0.05, 0) is 24.3 Å². The first-order chi connectivity index (χ1) is 15.2. The molecule has 9 nitrogen and oxygen atoms in total. The maximum absolute atomic E-state index is 9.49. The number of aliphatic hydroxyl groups excluding tert-OH is 1. The van der Waals surface area contributed by atoms with Crippen LogP contribution in [0.4, 0.5) is 0 Å². The lowest BCUT2D eigenvalue weighted by Gasteiger charge is -2.14. The van der Waals surface area contributed by atoms with E-state index in [-0.39, 0.29) is 6.61 Å². The van der Waals surface area contributed by atoms with Gasteiger partial charge in [-0.25, -0.2) is 9.97 Å². The highest BCUT2D eigenvalue weighted by Gasteiger charge is 2.23. The highest BCUT2D eigenvalue weighted by Crippen LogP contribution is 2.44. The minimum atomic E-state index is -0.0295. The van der Waals surface area contributed by atoms with Crippen molar-refractivity contribution >= 4 is 11.0 Å². The molecule has 0 amide bonds. The number of aromatic nitrogens is 3. The first-order valence-electron chi connectivity index (χ1n) is 9.53. The summed E-state index contributed by atoms with van der Waals surface area (Å²) in [6, 6.07) is 7.34. The topological polar surface area (TPSA) is 101 Å². The van der Waals surface area contributed by atoms with E-state index in [4.69, 9.17) is 23.4 Å². The van der Waals surface area contributed by atoms with Crippen molar-refractivity contribution in [3.8, 4) is 45.6 Å². The van der Waals surface area contributed by atoms with Crippen LogP contribution in [0.5, 0.6) is 23.0 Å². The Bertz CT molecular complexity index is 1190. The lowest BCUT2D eigenvalue weighted by molar-refractivity contribution is 0.278. The zero-order chi connectivity index (χ0) is 22.0. The number of methoxy groups -OCH3 is 4. The second-order valence-electron chi connectivity index (χ2n) is 6.62. The summed E-state index contributed by atoms with van der Waals surface area (Å²) in [6.45, 7) is 0.350. The number of nitrogens with zero attached hydrogens (tertiary/aromatic N) is 3. The molecule has 2 aromatic heterocycles. The van der Waals surface area contributed by atoms with Gasteiger partial charge in [-0.3, -0.25) is 0 Å². The standard InChI is InChI=1S/C22H23N3O6/c1-27-15-6-5-14(20-19(15)23-11-25(20)7-8-26)21-18(24-12-31-21)13-9-16(28-2)22(30-4)17(10-13)29-3/h5-6,9-12,26H,7-8H2,1-4H3. The van der Waals surface area contributed by atoms with Gasteiger partial charge in [0.05, 0.1) is 46.9 Å². The fourth-order valence-corrected chi connectivity index (χ4v) is 3.65. The molecule has 1 N–H and O–H groups in total. The number of hydrogen-bond acceptors (Lipinski definition) is 8. The average Bonchev–Trinajstić information content (AvgIpc) is 3.45. The normalized spacial score (nSPS) is 11.0. The van der Waals surface area contributed by atoms with E-state index in [0.717, 1.165) is 16.6 Å². The lowest BCUT2D eigenvalue weighted by Crippen LogP contribution is -2.01. The van der Waals surface area contributed by atoms with Gasteiger partial charge >= 0.3 is 0 Å². The largest absolute Gasteiger partial charge is 0.494 e. The summed E-state index contributed by atoms with van der Waals surface area (Å²) < 4.78 is 29.5. The van der Waals surface area contributed by atoms with Crippen LogP contribution in [0, 0.1) is 0 Å². The molecule has 4 rings (SSSR count). The number of fused-ring (bicyclic) bond motifs is 1. The summed E-state index contributed by atoms with van der Waals surface area (Å²) in [5.41, 5.74) is 3.54. The Morgan fingerprint density at radius 1 is 0.935 bits per heavy atom. The molecule has 0 saturated heterocycles. The van der Waals surface area contributed by atoms with E-state index in [0.29, 0.717) is 46.5 Å². The van der Waals surface area contributed by atoms with Crippen LogP contribution >= 0.6 is 0 Å². The summed E-state index contributed by atoms with van der Waals surface area (Å²) in [4.78, 5) is 8.92. The maximum atomic E-state index is 9.49. The molecule has 0 atom stereocenters. The van der Waals surface area contributed by atoms with Gasteiger partial charge in [0.2, 0.25) is 5.75 Å². The Balaban J connectivity index is 1.94. The number of ether oxygens (including phenoxy) is 4. The second-order valence-corrected chi connectivity index (χ2v) is 6.62. The van der Waals surface area contributed by atoms with Gasteiger partial charge in [0.15, 0.2) is 23.7 Å². The molecule has 4 aromatic rings. The summed E-state index contributed by atoms with van der Waals surface area (Å²) >= 11 is 0. The van der Waals surface area contributed by atoms with Crippen molar-refractivity contribution in [2.75, 3.05) is 35.0 Å². The molecule has 31 heavy (non-hydrogen) atoms. The number of benzene rings is 2. The third-order valence-electron chi connectivity index (χ3n) is 5.04. The van der Waals surface area contributed by atoms with E-state index < -0.39 is 0 Å². The molecular weight excluding hydrogens is 402 g/mol. The first-order valence-corrected chi connectivity index (χ1v) is 9.53. The summed E-state index contributed by atoms with van der Waals surface area (Å²) in [7, 11) is 6.27. The van der Waals surface area contributed by atoms with E-state index in [9.17, 15) is 5.11 Å². The van der Waals surface area contributed by atoms with Gasteiger partial charge in [-0.2, -0.15) is 0 Å². The number of hydrogen-bond donors (Lipinski definition) is 1. The lowest BCUT2D eigenvalue weighted by atomic mass is 10.0. The van der Waals surface area contributed by atoms with Crippen LogP contribution in [0.2, 0.25) is 0 Å². The van der Waals surface area contributed by atoms with Crippen molar-refractivity contribution in [1.29, 1.82) is 0 Å². The van der Waals surface area contributed by atoms with E-state index in [1.54, 1.807) is 34.8 Å². The molecule has 0 aliphatic carbocycles. The number of imidazole rings is 1. The van der Waals surface area contributed by atoms with Crippen LogP contribution in [0.25, 0.3) is 33.6 Å². The SMILES string of the molecule is COc1cc(-c2ncoc2-c2ccc(OC)c3ncn(CCO)c23)cc(OC)c1OC. The van der Waals surface area contributed by atoms with Gasteiger partial charge in [-0.15, -0.1) is 0 Å². The van der Waals surface area contributed by atoms with Gasteiger partial charge in [0.1, 0.15) is 17.0 Å². The smallest absolute Gasteiger partial charge is 0.203 e. The first kappa shape index (κ1) is 20.5. The van der Waals surface area contributed by atoms with Crippen molar-refractivity contribution in [2.45, 2.75) is 6.54 Å². The number of oxazole rings is 1. The molecule has 2 aromatic carbocycles. The Morgan fingerprint density at radius 2 is 1.65 bits per heavy atom. The highest BCUT2D eigenvalue weighted by atomic mass is 16.5. The summed E-state index contributed by atoms with van der Waals surface area (Å²) in [5.74, 6) is 2.68. The zero-order valence-corrected chi connectivity index (χ0v) is 17.7. The number of aliphatic hydroxyl groups is 1. The van der Waals surface area contributed by atoms with Crippen LogP contribution in [0.15, 0.2) is 41.4 Å². The molecule has 0 spiro atoms. The Kier molecular flexibility index (Phi) is 5.68. The van der Waals surface area contributed by atoms with E-state index in [1.807, 2.05) is 28.8 Å². The molecule has 0 radical (unpaired) electrons. The van der Waals surface area contributed by atoms with Gasteiger partial charge in [0, 0.05) is 17.7 Å². The molecule has 0 bridgehead atoms. The van der Waals surface area contributed by atoms with Crippen molar-refractivity contribution < 1.29 is 28.5 Å². The van der Waals surface area contributed by atoms with Crippen molar-refractivity contribution in [3.63, 3.8) is 0 Å². The number of rotatable bonds is 8. The summed E-state index contributed by atoms with van der Waals surface area (Å²) in [5, 5.41) is 9.49. The molecule has 2 heterocycles. The third-order valence-corrected chi connectivity index (χ3v) is 5.04. The molecule has 9 heteroatoms. The van der Waals surface area contributed by atoms with Crippen LogP contribution in [0.3, 0.4) is 0 Å².